The molecule has 2 heterocycles. The molecule has 0 aliphatic heterocycles. The van der Waals surface area contributed by atoms with Crippen LogP contribution in [0.1, 0.15) is 37.5 Å². The molecule has 21 heavy (non-hydrogen) atoms. The van der Waals surface area contributed by atoms with Gasteiger partial charge in [0, 0.05) is 24.7 Å². The summed E-state index contributed by atoms with van der Waals surface area (Å²) >= 11 is 0. The number of hydrogen-bond donors (Lipinski definition) is 1. The molecule has 2 rings (SSSR count). The monoisotopic (exact) mass is 289 g/mol. The summed E-state index contributed by atoms with van der Waals surface area (Å²) < 4.78 is 7.70. The third kappa shape index (κ3) is 4.01. The smallest absolute Gasteiger partial charge is 0.164 e. The Morgan fingerprint density at radius 1 is 1.33 bits per heavy atom. The molecule has 2 aromatic rings. The van der Waals surface area contributed by atoms with Gasteiger partial charge in [0.1, 0.15) is 18.7 Å². The summed E-state index contributed by atoms with van der Waals surface area (Å²) in [6.07, 6.45) is 3.18. The number of ether oxygens (including phenoxy) is 1. The van der Waals surface area contributed by atoms with Crippen LogP contribution in [0.15, 0.2) is 18.5 Å². The largest absolute Gasteiger partial charge is 0.484 e. The van der Waals surface area contributed by atoms with E-state index in [4.69, 9.17) is 10.5 Å². The van der Waals surface area contributed by atoms with Crippen molar-refractivity contribution in [1.82, 2.24) is 19.7 Å². The van der Waals surface area contributed by atoms with E-state index in [9.17, 15) is 0 Å². The van der Waals surface area contributed by atoms with Gasteiger partial charge in [-0.2, -0.15) is 5.10 Å². The molecule has 2 N–H and O–H groups in total. The molecular weight excluding hydrogens is 266 g/mol. The van der Waals surface area contributed by atoms with Crippen molar-refractivity contribution in [3.63, 3.8) is 0 Å². The Morgan fingerprint density at radius 2 is 2.14 bits per heavy atom. The average molecular weight is 289 g/mol. The Balaban J connectivity index is 2.12. The molecule has 0 amide bonds. The van der Waals surface area contributed by atoms with Gasteiger partial charge in [-0.1, -0.05) is 6.92 Å². The van der Waals surface area contributed by atoms with Crippen LogP contribution in [0.2, 0.25) is 0 Å². The highest BCUT2D eigenvalue weighted by atomic mass is 16.5. The maximum Gasteiger partial charge on any atom is 0.164 e. The summed E-state index contributed by atoms with van der Waals surface area (Å²) in [5, 5.41) is 4.14. The van der Waals surface area contributed by atoms with Gasteiger partial charge in [0.15, 0.2) is 5.82 Å². The summed E-state index contributed by atoms with van der Waals surface area (Å²) in [7, 11) is 0. The van der Waals surface area contributed by atoms with Crippen LogP contribution in [0.5, 0.6) is 5.75 Å². The molecule has 6 heteroatoms. The summed E-state index contributed by atoms with van der Waals surface area (Å²) in [4.78, 5) is 8.76. The summed E-state index contributed by atoms with van der Waals surface area (Å²) in [6, 6.07) is 3.99. The first-order valence-corrected chi connectivity index (χ1v) is 7.35. The van der Waals surface area contributed by atoms with Crippen molar-refractivity contribution < 1.29 is 4.74 Å². The van der Waals surface area contributed by atoms with Crippen LogP contribution in [-0.4, -0.2) is 25.8 Å². The number of aromatic nitrogens is 4. The maximum atomic E-state index is 6.04. The highest BCUT2D eigenvalue weighted by Crippen LogP contribution is 2.20. The molecular formula is C15H23N5O. The molecule has 0 saturated heterocycles. The predicted octanol–water partition coefficient (Wildman–Crippen LogP) is 1.86. The first kappa shape index (κ1) is 15.4. The van der Waals surface area contributed by atoms with Gasteiger partial charge in [0.25, 0.3) is 0 Å². The summed E-state index contributed by atoms with van der Waals surface area (Å²) in [6.45, 7) is 7.23. The van der Waals surface area contributed by atoms with Crippen molar-refractivity contribution in [2.75, 3.05) is 0 Å². The second-order valence-corrected chi connectivity index (χ2v) is 5.05. The lowest BCUT2D eigenvalue weighted by Crippen LogP contribution is -2.22. The van der Waals surface area contributed by atoms with E-state index in [1.54, 1.807) is 6.33 Å². The fourth-order valence-corrected chi connectivity index (χ4v) is 2.07. The highest BCUT2D eigenvalue weighted by Gasteiger charge is 2.11. The molecule has 0 saturated carbocycles. The molecule has 0 radical (unpaired) electrons. The van der Waals surface area contributed by atoms with Gasteiger partial charge in [-0.25, -0.2) is 9.67 Å². The van der Waals surface area contributed by atoms with Crippen LogP contribution >= 0.6 is 0 Å². The molecule has 0 spiro atoms. The van der Waals surface area contributed by atoms with E-state index >= 15 is 0 Å². The molecule has 0 aliphatic carbocycles. The van der Waals surface area contributed by atoms with E-state index in [1.807, 2.05) is 30.7 Å². The third-order valence-corrected chi connectivity index (χ3v) is 3.40. The lowest BCUT2D eigenvalue weighted by Gasteiger charge is -2.14. The first-order chi connectivity index (χ1) is 10.1. The second-order valence-electron chi connectivity index (χ2n) is 5.05. The molecule has 0 bridgehead atoms. The number of aryl methyl sites for hydroxylation is 2. The number of pyridine rings is 1. The van der Waals surface area contributed by atoms with Crippen LogP contribution in [0.25, 0.3) is 0 Å². The van der Waals surface area contributed by atoms with E-state index in [0.29, 0.717) is 13.0 Å². The zero-order chi connectivity index (χ0) is 15.2. The molecule has 0 aliphatic rings. The summed E-state index contributed by atoms with van der Waals surface area (Å²) in [5.74, 6) is 1.58. The van der Waals surface area contributed by atoms with Gasteiger partial charge in [0.2, 0.25) is 0 Å². The summed E-state index contributed by atoms with van der Waals surface area (Å²) in [5.41, 5.74) is 7.92. The Hall–Kier alpha value is -1.95. The van der Waals surface area contributed by atoms with Crippen LogP contribution < -0.4 is 10.5 Å². The zero-order valence-electron chi connectivity index (χ0n) is 12.9. The van der Waals surface area contributed by atoms with Crippen LogP contribution in [-0.2, 0) is 19.6 Å². The van der Waals surface area contributed by atoms with E-state index in [2.05, 4.69) is 22.0 Å². The minimum absolute atomic E-state index is 0.0981. The van der Waals surface area contributed by atoms with Crippen molar-refractivity contribution in [1.29, 1.82) is 0 Å². The number of nitrogens with zero attached hydrogens (tertiary/aromatic N) is 4. The van der Waals surface area contributed by atoms with Crippen molar-refractivity contribution in [3.05, 3.63) is 35.7 Å². The SMILES string of the molecule is CCC(N)Cc1nc(C)ccc1OCc1ncnn1CC. The standard InChI is InChI=1S/C15H23N5O/c1-4-12(16)8-13-14(7-6-11(3)19-13)21-9-15-17-10-18-20(15)5-2/h6-7,10,12H,4-5,8-9,16H2,1-3H3. The Labute approximate surface area is 125 Å². The molecule has 1 atom stereocenters. The quantitative estimate of drug-likeness (QED) is 0.841. The number of hydrogen-bond acceptors (Lipinski definition) is 5. The highest BCUT2D eigenvalue weighted by molar-refractivity contribution is 5.30. The molecule has 114 valence electrons. The molecule has 1 unspecified atom stereocenters. The Morgan fingerprint density at radius 3 is 2.86 bits per heavy atom. The van der Waals surface area contributed by atoms with E-state index in [0.717, 1.165) is 35.9 Å². The molecule has 6 nitrogen and oxygen atoms in total. The van der Waals surface area contributed by atoms with Crippen molar-refractivity contribution in [2.24, 2.45) is 5.73 Å². The minimum atomic E-state index is 0.0981. The van der Waals surface area contributed by atoms with E-state index < -0.39 is 0 Å². The Kier molecular flexibility index (Phi) is 5.27. The van der Waals surface area contributed by atoms with Gasteiger partial charge in [-0.3, -0.25) is 4.98 Å². The predicted molar refractivity (Wildman–Crippen MR) is 81.0 cm³/mol. The van der Waals surface area contributed by atoms with Crippen LogP contribution in [0.3, 0.4) is 0 Å². The zero-order valence-corrected chi connectivity index (χ0v) is 12.9. The first-order valence-electron chi connectivity index (χ1n) is 7.35. The van der Waals surface area contributed by atoms with Gasteiger partial charge in [0.05, 0.1) is 5.69 Å². The van der Waals surface area contributed by atoms with Crippen molar-refractivity contribution in [2.45, 2.75) is 52.8 Å². The van der Waals surface area contributed by atoms with Gasteiger partial charge in [-0.05, 0) is 32.4 Å². The van der Waals surface area contributed by atoms with Gasteiger partial charge >= 0.3 is 0 Å². The second kappa shape index (κ2) is 7.17. The lowest BCUT2D eigenvalue weighted by molar-refractivity contribution is 0.282. The van der Waals surface area contributed by atoms with Gasteiger partial charge < -0.3 is 10.5 Å². The topological polar surface area (TPSA) is 78.8 Å². The van der Waals surface area contributed by atoms with Gasteiger partial charge in [-0.15, -0.1) is 0 Å². The van der Waals surface area contributed by atoms with E-state index in [1.165, 1.54) is 0 Å². The molecule has 0 fully saturated rings. The Bertz CT molecular complexity index is 581. The number of rotatable bonds is 7. The van der Waals surface area contributed by atoms with Crippen LogP contribution in [0.4, 0.5) is 0 Å². The van der Waals surface area contributed by atoms with E-state index in [-0.39, 0.29) is 6.04 Å². The fourth-order valence-electron chi connectivity index (χ4n) is 2.07. The minimum Gasteiger partial charge on any atom is -0.484 e. The molecule has 0 aromatic carbocycles. The average Bonchev–Trinajstić information content (AvgIpc) is 2.93. The number of nitrogens with two attached hydrogens (primary N) is 1. The maximum absolute atomic E-state index is 6.04. The lowest BCUT2D eigenvalue weighted by atomic mass is 10.1. The van der Waals surface area contributed by atoms with Crippen molar-refractivity contribution in [3.8, 4) is 5.75 Å². The van der Waals surface area contributed by atoms with Crippen molar-refractivity contribution >= 4 is 0 Å². The molecule has 2 aromatic heterocycles. The third-order valence-electron chi connectivity index (χ3n) is 3.40. The fraction of sp³-hybridized carbons (Fsp3) is 0.533. The van der Waals surface area contributed by atoms with Crippen LogP contribution in [0, 0.1) is 6.92 Å². The normalized spacial score (nSPS) is 12.4.